The lowest BCUT2D eigenvalue weighted by Crippen LogP contribution is -2.41. The zero-order valence-electron chi connectivity index (χ0n) is 9.42. The van der Waals surface area contributed by atoms with E-state index in [4.69, 9.17) is 16.7 Å². The van der Waals surface area contributed by atoms with Crippen LogP contribution in [0, 0.1) is 0 Å². The largest absolute Gasteiger partial charge is 0.480 e. The molecule has 0 saturated carbocycles. The molecule has 0 aliphatic carbocycles. The van der Waals surface area contributed by atoms with Crippen LogP contribution in [0.2, 0.25) is 5.02 Å². The van der Waals surface area contributed by atoms with Crippen LogP contribution in [-0.4, -0.2) is 41.5 Å². The van der Waals surface area contributed by atoms with Gasteiger partial charge in [-0.05, 0) is 34.1 Å². The first-order valence-electron chi connectivity index (χ1n) is 5.11. The second-order valence-electron chi connectivity index (χ2n) is 3.82. The molecular formula is C10H9BrClNO4S2. The van der Waals surface area contributed by atoms with Crippen molar-refractivity contribution >= 4 is 55.3 Å². The van der Waals surface area contributed by atoms with Gasteiger partial charge in [0.25, 0.3) is 0 Å². The lowest BCUT2D eigenvalue weighted by Gasteiger charge is -2.20. The van der Waals surface area contributed by atoms with Crippen molar-refractivity contribution in [2.24, 2.45) is 0 Å². The molecule has 19 heavy (non-hydrogen) atoms. The molecule has 1 aliphatic heterocycles. The Bertz CT molecular complexity index is 622. The normalized spacial score (nSPS) is 20.6. The van der Waals surface area contributed by atoms with Gasteiger partial charge in [-0.2, -0.15) is 4.31 Å². The number of carboxylic acid groups (broad SMARTS) is 1. The summed E-state index contributed by atoms with van der Waals surface area (Å²) in [5, 5.41) is 9.44. The van der Waals surface area contributed by atoms with Crippen molar-refractivity contribution in [3.8, 4) is 0 Å². The van der Waals surface area contributed by atoms with Crippen LogP contribution < -0.4 is 0 Å². The molecule has 9 heteroatoms. The quantitative estimate of drug-likeness (QED) is 0.862. The van der Waals surface area contributed by atoms with Crippen molar-refractivity contribution in [1.82, 2.24) is 4.31 Å². The Morgan fingerprint density at radius 2 is 2.21 bits per heavy atom. The predicted molar refractivity (Wildman–Crippen MR) is 76.9 cm³/mol. The average molecular weight is 387 g/mol. The first-order valence-corrected chi connectivity index (χ1v) is 8.88. The number of nitrogens with zero attached hydrogens (tertiary/aromatic N) is 1. The fourth-order valence-corrected chi connectivity index (χ4v) is 5.44. The number of halogens is 2. The summed E-state index contributed by atoms with van der Waals surface area (Å²) in [4.78, 5) is 11.1. The molecule has 1 heterocycles. The molecule has 1 N–H and O–H groups in total. The number of carboxylic acids is 1. The van der Waals surface area contributed by atoms with Gasteiger partial charge in [-0.25, -0.2) is 8.42 Å². The predicted octanol–water partition coefficient (Wildman–Crippen LogP) is 2.25. The molecule has 1 aromatic rings. The summed E-state index contributed by atoms with van der Waals surface area (Å²) in [5.74, 6) is -0.746. The second kappa shape index (κ2) is 5.61. The molecule has 2 rings (SSSR count). The van der Waals surface area contributed by atoms with Crippen molar-refractivity contribution in [2.45, 2.75) is 10.9 Å². The first kappa shape index (κ1) is 15.1. The molecule has 0 spiro atoms. The summed E-state index contributed by atoms with van der Waals surface area (Å²) in [6, 6.07) is 3.17. The summed E-state index contributed by atoms with van der Waals surface area (Å²) >= 11 is 10.2. The Morgan fingerprint density at radius 3 is 2.79 bits per heavy atom. The monoisotopic (exact) mass is 385 g/mol. The third kappa shape index (κ3) is 2.92. The Hall–Kier alpha value is -0.280. The lowest BCUT2D eigenvalue weighted by atomic mass is 10.4. The number of carbonyl (C=O) groups is 1. The molecular weight excluding hydrogens is 378 g/mol. The number of benzene rings is 1. The summed E-state index contributed by atoms with van der Waals surface area (Å²) in [6.45, 7) is 0. The minimum Gasteiger partial charge on any atom is -0.480 e. The summed E-state index contributed by atoms with van der Waals surface area (Å²) in [6.07, 6.45) is 0. The van der Waals surface area contributed by atoms with Crippen LogP contribution in [0.3, 0.4) is 0 Å². The van der Waals surface area contributed by atoms with Crippen molar-refractivity contribution in [1.29, 1.82) is 0 Å². The maximum absolute atomic E-state index is 12.4. The Balaban J connectivity index is 2.42. The van der Waals surface area contributed by atoms with Crippen LogP contribution >= 0.6 is 39.3 Å². The zero-order valence-corrected chi connectivity index (χ0v) is 13.4. The van der Waals surface area contributed by atoms with Gasteiger partial charge in [0, 0.05) is 10.2 Å². The van der Waals surface area contributed by atoms with E-state index in [2.05, 4.69) is 15.9 Å². The van der Waals surface area contributed by atoms with Crippen molar-refractivity contribution < 1.29 is 18.3 Å². The van der Waals surface area contributed by atoms with Crippen molar-refractivity contribution in [2.75, 3.05) is 11.6 Å². The van der Waals surface area contributed by atoms with E-state index >= 15 is 0 Å². The van der Waals surface area contributed by atoms with Crippen LogP contribution in [0.25, 0.3) is 0 Å². The molecule has 0 unspecified atom stereocenters. The molecule has 1 aliphatic rings. The third-order valence-corrected chi connectivity index (χ3v) is 6.86. The van der Waals surface area contributed by atoms with E-state index in [1.807, 2.05) is 0 Å². The first-order chi connectivity index (χ1) is 8.84. The van der Waals surface area contributed by atoms with Crippen LogP contribution in [-0.2, 0) is 14.8 Å². The van der Waals surface area contributed by atoms with Gasteiger partial charge in [-0.15, -0.1) is 11.8 Å². The van der Waals surface area contributed by atoms with Gasteiger partial charge in [0.05, 0.1) is 15.8 Å². The summed E-state index contributed by atoms with van der Waals surface area (Å²) < 4.78 is 26.2. The van der Waals surface area contributed by atoms with E-state index in [9.17, 15) is 13.2 Å². The highest BCUT2D eigenvalue weighted by Crippen LogP contribution is 2.31. The fourth-order valence-electron chi connectivity index (χ4n) is 1.63. The van der Waals surface area contributed by atoms with E-state index in [0.717, 1.165) is 4.31 Å². The van der Waals surface area contributed by atoms with Gasteiger partial charge in [-0.1, -0.05) is 11.6 Å². The topological polar surface area (TPSA) is 74.7 Å². The van der Waals surface area contributed by atoms with E-state index < -0.39 is 22.0 Å². The van der Waals surface area contributed by atoms with Gasteiger partial charge in [0.1, 0.15) is 6.04 Å². The van der Waals surface area contributed by atoms with E-state index in [0.29, 0.717) is 9.50 Å². The molecule has 0 radical (unpaired) electrons. The van der Waals surface area contributed by atoms with Crippen LogP contribution in [0.5, 0.6) is 0 Å². The number of hydrogen-bond acceptors (Lipinski definition) is 4. The Labute approximate surface area is 128 Å². The van der Waals surface area contributed by atoms with Gasteiger partial charge in [0.2, 0.25) is 10.0 Å². The minimum absolute atomic E-state index is 0.0255. The molecule has 5 nitrogen and oxygen atoms in total. The molecule has 0 aromatic heterocycles. The summed E-state index contributed by atoms with van der Waals surface area (Å²) in [7, 11) is -3.83. The van der Waals surface area contributed by atoms with E-state index in [1.54, 1.807) is 0 Å². The fraction of sp³-hybridized carbons (Fsp3) is 0.300. The molecule has 1 saturated heterocycles. The van der Waals surface area contributed by atoms with Crippen molar-refractivity contribution in [3.05, 3.63) is 27.7 Å². The minimum atomic E-state index is -3.83. The number of hydrogen-bond donors (Lipinski definition) is 1. The van der Waals surface area contributed by atoms with Gasteiger partial charge < -0.3 is 5.11 Å². The molecule has 1 atom stereocenters. The Morgan fingerprint density at radius 1 is 1.53 bits per heavy atom. The van der Waals surface area contributed by atoms with Gasteiger partial charge in [0.15, 0.2) is 0 Å². The highest BCUT2D eigenvalue weighted by Gasteiger charge is 2.40. The van der Waals surface area contributed by atoms with Gasteiger partial charge in [-0.3, -0.25) is 4.79 Å². The highest BCUT2D eigenvalue weighted by molar-refractivity contribution is 9.10. The van der Waals surface area contributed by atoms with Gasteiger partial charge >= 0.3 is 5.97 Å². The van der Waals surface area contributed by atoms with E-state index in [-0.39, 0.29) is 16.5 Å². The average Bonchev–Trinajstić information content (AvgIpc) is 2.82. The van der Waals surface area contributed by atoms with Crippen LogP contribution in [0.1, 0.15) is 0 Å². The molecule has 1 aromatic carbocycles. The standard InChI is InChI=1S/C10H9BrClNO4S2/c11-7-3-6(1-2-8(7)12)19(16,17)13-5-18-4-9(13)10(14)15/h1-3,9H,4-5H2,(H,14,15)/t9-/m0/s1. The SMILES string of the molecule is O=C(O)[C@@H]1CSCN1S(=O)(=O)c1ccc(Cl)c(Br)c1. The third-order valence-electron chi connectivity index (χ3n) is 2.62. The van der Waals surface area contributed by atoms with Crippen molar-refractivity contribution in [3.63, 3.8) is 0 Å². The Kier molecular flexibility index (Phi) is 4.46. The maximum atomic E-state index is 12.4. The maximum Gasteiger partial charge on any atom is 0.322 e. The smallest absolute Gasteiger partial charge is 0.322 e. The number of rotatable bonds is 3. The van der Waals surface area contributed by atoms with Crippen LogP contribution in [0.4, 0.5) is 0 Å². The molecule has 0 amide bonds. The number of sulfonamides is 1. The molecule has 104 valence electrons. The highest BCUT2D eigenvalue weighted by atomic mass is 79.9. The second-order valence-corrected chi connectivity index (χ2v) is 7.97. The molecule has 1 fully saturated rings. The zero-order chi connectivity index (χ0) is 14.2. The van der Waals surface area contributed by atoms with Crippen LogP contribution in [0.15, 0.2) is 27.6 Å². The molecule has 0 bridgehead atoms. The number of aliphatic carboxylic acids is 1. The number of thioether (sulfide) groups is 1. The summed E-state index contributed by atoms with van der Waals surface area (Å²) in [5.41, 5.74) is 0. The lowest BCUT2D eigenvalue weighted by molar-refractivity contribution is -0.140. The van der Waals surface area contributed by atoms with E-state index in [1.165, 1.54) is 30.0 Å².